The Balaban J connectivity index is 0.00000169. The number of fused-ring (bicyclic) bond motifs is 1. The standard InChI is InChI=1S/C19H28FN3O.2ClH/c1-23(2)17(14-6-5-8-16(20)10-14)12-22-18(24)19-9-4-3-7-15(19)11-21-13-19;;/h5-6,8,10,15,17,21H,3-4,7,9,11-13H2,1-2H3,(H,22,24);2*1H/t15-,17?,19+;;/m0../s1. The molecule has 1 heterocycles. The summed E-state index contributed by atoms with van der Waals surface area (Å²) in [5.41, 5.74) is 0.652. The normalized spacial score (nSPS) is 25.6. The summed E-state index contributed by atoms with van der Waals surface area (Å²) in [6.45, 7) is 2.24. The number of benzene rings is 1. The minimum atomic E-state index is -0.239. The molecule has 2 aliphatic rings. The fourth-order valence-electron chi connectivity index (χ4n) is 4.37. The van der Waals surface area contributed by atoms with Gasteiger partial charge in [0.25, 0.3) is 0 Å². The van der Waals surface area contributed by atoms with Crippen LogP contribution in [0.15, 0.2) is 24.3 Å². The summed E-state index contributed by atoms with van der Waals surface area (Å²) >= 11 is 0. The van der Waals surface area contributed by atoms with Gasteiger partial charge in [0.15, 0.2) is 0 Å². The summed E-state index contributed by atoms with van der Waals surface area (Å²) in [5, 5.41) is 6.59. The summed E-state index contributed by atoms with van der Waals surface area (Å²) in [4.78, 5) is 15.0. The molecule has 1 saturated heterocycles. The number of amides is 1. The third-order valence-corrected chi connectivity index (χ3v) is 5.80. The lowest BCUT2D eigenvalue weighted by molar-refractivity contribution is -0.134. The molecule has 1 aliphatic heterocycles. The van der Waals surface area contributed by atoms with Gasteiger partial charge in [-0.25, -0.2) is 4.39 Å². The van der Waals surface area contributed by atoms with Gasteiger partial charge in [-0.15, -0.1) is 24.8 Å². The topological polar surface area (TPSA) is 44.4 Å². The van der Waals surface area contributed by atoms with Gasteiger partial charge >= 0.3 is 0 Å². The Labute approximate surface area is 168 Å². The number of carbonyl (C=O) groups excluding carboxylic acids is 1. The summed E-state index contributed by atoms with van der Waals surface area (Å²) in [7, 11) is 3.92. The molecule has 3 atom stereocenters. The van der Waals surface area contributed by atoms with Gasteiger partial charge in [-0.1, -0.05) is 25.0 Å². The maximum atomic E-state index is 13.5. The Morgan fingerprint density at radius 2 is 2.15 bits per heavy atom. The molecular formula is C19H30Cl2FN3O. The average Bonchev–Trinajstić information content (AvgIpc) is 3.00. The van der Waals surface area contributed by atoms with Crippen molar-refractivity contribution in [3.8, 4) is 0 Å². The van der Waals surface area contributed by atoms with E-state index in [1.54, 1.807) is 12.1 Å². The largest absolute Gasteiger partial charge is 0.354 e. The van der Waals surface area contributed by atoms with E-state index < -0.39 is 0 Å². The monoisotopic (exact) mass is 405 g/mol. The van der Waals surface area contributed by atoms with E-state index in [-0.39, 0.29) is 48.0 Å². The van der Waals surface area contributed by atoms with Crippen molar-refractivity contribution in [1.82, 2.24) is 15.5 Å². The van der Waals surface area contributed by atoms with Crippen molar-refractivity contribution in [2.75, 3.05) is 33.7 Å². The van der Waals surface area contributed by atoms with Crippen molar-refractivity contribution in [3.05, 3.63) is 35.6 Å². The summed E-state index contributed by atoms with van der Waals surface area (Å²) < 4.78 is 13.5. The first-order valence-corrected chi connectivity index (χ1v) is 8.94. The van der Waals surface area contributed by atoms with Gasteiger partial charge in [0.05, 0.1) is 11.5 Å². The number of hydrogen-bond donors (Lipinski definition) is 2. The van der Waals surface area contributed by atoms with Crippen molar-refractivity contribution in [1.29, 1.82) is 0 Å². The minimum absolute atomic E-state index is 0. The van der Waals surface area contributed by atoms with Gasteiger partial charge in [-0.05, 0) is 57.1 Å². The van der Waals surface area contributed by atoms with Crippen LogP contribution in [0.3, 0.4) is 0 Å². The van der Waals surface area contributed by atoms with Crippen LogP contribution in [0.25, 0.3) is 0 Å². The maximum absolute atomic E-state index is 13.5. The Morgan fingerprint density at radius 3 is 2.85 bits per heavy atom. The Bertz CT molecular complexity index is 602. The van der Waals surface area contributed by atoms with Gasteiger partial charge in [0.2, 0.25) is 5.91 Å². The molecule has 1 aliphatic carbocycles. The van der Waals surface area contributed by atoms with Crippen LogP contribution in [0, 0.1) is 17.2 Å². The lowest BCUT2D eigenvalue weighted by atomic mass is 9.67. The van der Waals surface area contributed by atoms with Crippen LogP contribution in [0.1, 0.15) is 37.3 Å². The molecule has 2 fully saturated rings. The van der Waals surface area contributed by atoms with Gasteiger partial charge in [-0.2, -0.15) is 0 Å². The first kappa shape index (κ1) is 23.2. The first-order valence-electron chi connectivity index (χ1n) is 8.94. The zero-order valence-corrected chi connectivity index (χ0v) is 17.1. The Kier molecular flexibility index (Phi) is 8.80. The molecule has 4 nitrogen and oxygen atoms in total. The predicted molar refractivity (Wildman–Crippen MR) is 108 cm³/mol. The summed E-state index contributed by atoms with van der Waals surface area (Å²) in [6, 6.07) is 6.61. The van der Waals surface area contributed by atoms with Crippen molar-refractivity contribution >= 4 is 30.7 Å². The molecule has 1 aromatic carbocycles. The number of hydrogen-bond acceptors (Lipinski definition) is 3. The number of nitrogens with zero attached hydrogens (tertiary/aromatic N) is 1. The lowest BCUT2D eigenvalue weighted by Gasteiger charge is -2.37. The number of likely N-dealkylation sites (N-methyl/N-ethyl adjacent to an activating group) is 1. The highest BCUT2D eigenvalue weighted by atomic mass is 35.5. The Hall–Kier alpha value is -0.880. The summed E-state index contributed by atoms with van der Waals surface area (Å²) in [6.07, 6.45) is 4.47. The molecule has 1 amide bonds. The van der Waals surface area contributed by atoms with Crippen LogP contribution in [-0.4, -0.2) is 44.5 Å². The highest BCUT2D eigenvalue weighted by molar-refractivity contribution is 5.85. The SMILES string of the molecule is CN(C)C(CNC(=O)[C@@]12CCCC[C@H]1CNC2)c1cccc(F)c1.Cl.Cl. The molecule has 3 rings (SSSR count). The molecule has 7 heteroatoms. The highest BCUT2D eigenvalue weighted by Crippen LogP contribution is 2.43. The zero-order chi connectivity index (χ0) is 17.2. The molecule has 0 bridgehead atoms. The molecule has 0 aromatic heterocycles. The molecule has 0 spiro atoms. The third-order valence-electron chi connectivity index (χ3n) is 5.80. The molecule has 1 aromatic rings. The average molecular weight is 406 g/mol. The van der Waals surface area contributed by atoms with E-state index in [9.17, 15) is 9.18 Å². The third kappa shape index (κ3) is 4.69. The number of rotatable bonds is 5. The predicted octanol–water partition coefficient (Wildman–Crippen LogP) is 3.17. The van der Waals surface area contributed by atoms with Gasteiger partial charge in [0.1, 0.15) is 5.82 Å². The molecular weight excluding hydrogens is 376 g/mol. The lowest BCUT2D eigenvalue weighted by Crippen LogP contribution is -2.49. The molecule has 2 N–H and O–H groups in total. The zero-order valence-electron chi connectivity index (χ0n) is 15.5. The van der Waals surface area contributed by atoms with Crippen LogP contribution >= 0.6 is 24.8 Å². The Morgan fingerprint density at radius 1 is 1.38 bits per heavy atom. The van der Waals surface area contributed by atoms with Crippen LogP contribution in [0.2, 0.25) is 0 Å². The van der Waals surface area contributed by atoms with E-state index in [4.69, 9.17) is 0 Å². The van der Waals surface area contributed by atoms with Crippen LogP contribution in [0.5, 0.6) is 0 Å². The smallest absolute Gasteiger partial charge is 0.227 e. The molecule has 0 radical (unpaired) electrons. The minimum Gasteiger partial charge on any atom is -0.354 e. The van der Waals surface area contributed by atoms with Crippen molar-refractivity contribution in [2.24, 2.45) is 11.3 Å². The number of nitrogens with one attached hydrogen (secondary N) is 2. The highest BCUT2D eigenvalue weighted by Gasteiger charge is 2.49. The van der Waals surface area contributed by atoms with Gasteiger partial charge in [-0.3, -0.25) is 4.79 Å². The van der Waals surface area contributed by atoms with Crippen molar-refractivity contribution in [2.45, 2.75) is 31.7 Å². The summed E-state index contributed by atoms with van der Waals surface area (Å²) in [5.74, 6) is 0.385. The van der Waals surface area contributed by atoms with Crippen molar-refractivity contribution < 1.29 is 9.18 Å². The first-order chi connectivity index (χ1) is 11.5. The molecule has 148 valence electrons. The van der Waals surface area contributed by atoms with E-state index in [0.717, 1.165) is 37.9 Å². The molecule has 1 saturated carbocycles. The number of halogens is 3. The quantitative estimate of drug-likeness (QED) is 0.790. The van der Waals surface area contributed by atoms with E-state index in [0.29, 0.717) is 12.5 Å². The van der Waals surface area contributed by atoms with E-state index in [1.165, 1.54) is 12.5 Å². The molecule has 26 heavy (non-hydrogen) atoms. The van der Waals surface area contributed by atoms with E-state index >= 15 is 0 Å². The maximum Gasteiger partial charge on any atom is 0.227 e. The van der Waals surface area contributed by atoms with E-state index in [1.807, 2.05) is 25.1 Å². The fourth-order valence-corrected chi connectivity index (χ4v) is 4.37. The van der Waals surface area contributed by atoms with Crippen LogP contribution in [0.4, 0.5) is 4.39 Å². The fraction of sp³-hybridized carbons (Fsp3) is 0.632. The molecule has 1 unspecified atom stereocenters. The second kappa shape index (κ2) is 9.88. The number of carbonyl (C=O) groups is 1. The van der Waals surface area contributed by atoms with Crippen LogP contribution < -0.4 is 10.6 Å². The van der Waals surface area contributed by atoms with Crippen LogP contribution in [-0.2, 0) is 4.79 Å². The van der Waals surface area contributed by atoms with E-state index in [2.05, 4.69) is 10.6 Å². The van der Waals surface area contributed by atoms with Gasteiger partial charge in [0, 0.05) is 13.1 Å². The second-order valence-corrected chi connectivity index (χ2v) is 7.47. The second-order valence-electron chi connectivity index (χ2n) is 7.47. The van der Waals surface area contributed by atoms with Gasteiger partial charge < -0.3 is 15.5 Å². The van der Waals surface area contributed by atoms with Crippen molar-refractivity contribution in [3.63, 3.8) is 0 Å².